The van der Waals surface area contributed by atoms with Crippen LogP contribution in [-0.2, 0) is 11.2 Å². The van der Waals surface area contributed by atoms with Gasteiger partial charge in [0.15, 0.2) is 5.78 Å². The summed E-state index contributed by atoms with van der Waals surface area (Å²) in [6.45, 7) is 5.98. The number of Topliss-reactive ketones (excluding diaryl/α,β-unsaturated/α-hetero) is 1. The molecule has 2 N–H and O–H groups in total. The van der Waals surface area contributed by atoms with Crippen molar-refractivity contribution >= 4 is 11.8 Å². The molecule has 0 aromatic heterocycles. The van der Waals surface area contributed by atoms with Gasteiger partial charge in [0, 0.05) is 12.1 Å². The quantitative estimate of drug-likeness (QED) is 0.555. The van der Waals surface area contributed by atoms with Gasteiger partial charge in [0.1, 0.15) is 0 Å². The van der Waals surface area contributed by atoms with Crippen LogP contribution >= 0.6 is 0 Å². The van der Waals surface area contributed by atoms with Crippen molar-refractivity contribution in [2.24, 2.45) is 0 Å². The molecule has 1 unspecified atom stereocenters. The van der Waals surface area contributed by atoms with E-state index in [0.29, 0.717) is 12.1 Å². The molecule has 0 bridgehead atoms. The van der Waals surface area contributed by atoms with Crippen LogP contribution in [0.3, 0.4) is 0 Å². The monoisotopic (exact) mass is 261 g/mol. The third-order valence-electron chi connectivity index (χ3n) is 2.85. The highest BCUT2D eigenvalue weighted by Gasteiger charge is 2.21. The van der Waals surface area contributed by atoms with Crippen molar-refractivity contribution in [1.29, 1.82) is 0 Å². The van der Waals surface area contributed by atoms with Gasteiger partial charge in [0.05, 0.1) is 12.5 Å². The molecule has 0 heterocycles. The van der Waals surface area contributed by atoms with E-state index in [-0.39, 0.29) is 12.2 Å². The smallest absolute Gasteiger partial charge is 0.305 e. The molecule has 0 aliphatic rings. The van der Waals surface area contributed by atoms with E-state index >= 15 is 0 Å². The van der Waals surface area contributed by atoms with Crippen LogP contribution < -0.4 is 5.32 Å². The van der Waals surface area contributed by atoms with Crippen LogP contribution in [0.1, 0.15) is 29.3 Å². The number of carboxylic acid groups (broad SMARTS) is 1. The molecule has 102 valence electrons. The summed E-state index contributed by atoms with van der Waals surface area (Å²) >= 11 is 0. The third-order valence-corrected chi connectivity index (χ3v) is 2.85. The first-order valence-corrected chi connectivity index (χ1v) is 6.27. The molecule has 0 spiro atoms. The minimum Gasteiger partial charge on any atom is -0.481 e. The number of hydrogen-bond donors (Lipinski definition) is 2. The van der Waals surface area contributed by atoms with Crippen molar-refractivity contribution in [3.63, 3.8) is 0 Å². The molecular formula is C15H19NO3. The Balaban J connectivity index is 2.83. The SMILES string of the molecule is C=CCNC(CC(=O)O)C(=O)c1ccc(CC)cc1. The summed E-state index contributed by atoms with van der Waals surface area (Å²) in [4.78, 5) is 23.0. The van der Waals surface area contributed by atoms with Crippen LogP contribution in [0.5, 0.6) is 0 Å². The maximum atomic E-state index is 12.2. The van der Waals surface area contributed by atoms with Crippen molar-refractivity contribution in [2.45, 2.75) is 25.8 Å². The van der Waals surface area contributed by atoms with E-state index in [1.165, 1.54) is 0 Å². The fraction of sp³-hybridized carbons (Fsp3) is 0.333. The third kappa shape index (κ3) is 4.67. The molecule has 0 saturated heterocycles. The Labute approximate surface area is 113 Å². The number of hydrogen-bond acceptors (Lipinski definition) is 3. The summed E-state index contributed by atoms with van der Waals surface area (Å²) < 4.78 is 0. The molecule has 0 aliphatic heterocycles. The summed E-state index contributed by atoms with van der Waals surface area (Å²) in [5.74, 6) is -1.20. The van der Waals surface area contributed by atoms with Gasteiger partial charge in [-0.15, -0.1) is 6.58 Å². The van der Waals surface area contributed by atoms with Crippen molar-refractivity contribution in [2.75, 3.05) is 6.54 Å². The number of benzene rings is 1. The molecule has 0 amide bonds. The van der Waals surface area contributed by atoms with Crippen molar-refractivity contribution < 1.29 is 14.7 Å². The Morgan fingerprint density at radius 3 is 2.47 bits per heavy atom. The van der Waals surface area contributed by atoms with Gasteiger partial charge in [-0.1, -0.05) is 37.3 Å². The van der Waals surface area contributed by atoms with Gasteiger partial charge < -0.3 is 10.4 Å². The van der Waals surface area contributed by atoms with Gasteiger partial charge in [0.2, 0.25) is 0 Å². The lowest BCUT2D eigenvalue weighted by atomic mass is 10.00. The highest BCUT2D eigenvalue weighted by molar-refractivity contribution is 6.01. The Morgan fingerprint density at radius 1 is 1.37 bits per heavy atom. The first-order chi connectivity index (χ1) is 9.08. The first-order valence-electron chi connectivity index (χ1n) is 6.27. The maximum absolute atomic E-state index is 12.2. The second-order valence-corrected chi connectivity index (χ2v) is 4.26. The zero-order valence-corrected chi connectivity index (χ0v) is 11.1. The van der Waals surface area contributed by atoms with Crippen LogP contribution in [0.15, 0.2) is 36.9 Å². The largest absolute Gasteiger partial charge is 0.481 e. The predicted molar refractivity (Wildman–Crippen MR) is 74.4 cm³/mol. The molecule has 4 heteroatoms. The predicted octanol–water partition coefficient (Wildman–Crippen LogP) is 2.05. The Hall–Kier alpha value is -1.94. The van der Waals surface area contributed by atoms with Gasteiger partial charge in [-0.3, -0.25) is 9.59 Å². The molecule has 1 rings (SSSR count). The number of rotatable bonds is 8. The summed E-state index contributed by atoms with van der Waals surface area (Å²) in [7, 11) is 0. The number of ketones is 1. The van der Waals surface area contributed by atoms with E-state index in [1.54, 1.807) is 18.2 Å². The molecule has 1 aromatic carbocycles. The van der Waals surface area contributed by atoms with Crippen molar-refractivity contribution in [3.8, 4) is 0 Å². The molecule has 1 atom stereocenters. The topological polar surface area (TPSA) is 66.4 Å². The van der Waals surface area contributed by atoms with E-state index in [0.717, 1.165) is 12.0 Å². The second-order valence-electron chi connectivity index (χ2n) is 4.26. The van der Waals surface area contributed by atoms with Gasteiger partial charge in [-0.25, -0.2) is 0 Å². The number of carboxylic acids is 1. The zero-order valence-electron chi connectivity index (χ0n) is 11.1. The van der Waals surface area contributed by atoms with Crippen LogP contribution in [0, 0.1) is 0 Å². The number of aliphatic carboxylic acids is 1. The van der Waals surface area contributed by atoms with E-state index in [2.05, 4.69) is 11.9 Å². The highest BCUT2D eigenvalue weighted by Crippen LogP contribution is 2.09. The van der Waals surface area contributed by atoms with Gasteiger partial charge in [0.25, 0.3) is 0 Å². The van der Waals surface area contributed by atoms with E-state index < -0.39 is 12.0 Å². The summed E-state index contributed by atoms with van der Waals surface area (Å²) in [5, 5.41) is 11.7. The Kier molecular flexibility index (Phi) is 5.96. The average Bonchev–Trinajstić information content (AvgIpc) is 2.42. The minimum atomic E-state index is -1.000. The first kappa shape index (κ1) is 15.1. The normalized spacial score (nSPS) is 11.8. The van der Waals surface area contributed by atoms with Crippen LogP contribution in [0.2, 0.25) is 0 Å². The van der Waals surface area contributed by atoms with E-state index in [4.69, 9.17) is 5.11 Å². The molecule has 19 heavy (non-hydrogen) atoms. The van der Waals surface area contributed by atoms with Crippen LogP contribution in [0.4, 0.5) is 0 Å². The summed E-state index contributed by atoms with van der Waals surface area (Å²) in [6, 6.07) is 6.54. The van der Waals surface area contributed by atoms with E-state index in [9.17, 15) is 9.59 Å². The fourth-order valence-electron chi connectivity index (χ4n) is 1.76. The second kappa shape index (κ2) is 7.48. The number of carbonyl (C=O) groups excluding carboxylic acids is 1. The minimum absolute atomic E-state index is 0.202. The van der Waals surface area contributed by atoms with E-state index in [1.807, 2.05) is 19.1 Å². The molecule has 0 radical (unpaired) electrons. The lowest BCUT2D eigenvalue weighted by Gasteiger charge is -2.14. The molecule has 0 saturated carbocycles. The van der Waals surface area contributed by atoms with Crippen LogP contribution in [0.25, 0.3) is 0 Å². The molecule has 4 nitrogen and oxygen atoms in total. The highest BCUT2D eigenvalue weighted by atomic mass is 16.4. The fourth-order valence-corrected chi connectivity index (χ4v) is 1.76. The molecule has 0 fully saturated rings. The molecule has 0 aliphatic carbocycles. The van der Waals surface area contributed by atoms with Crippen LogP contribution in [-0.4, -0.2) is 29.4 Å². The molecule has 1 aromatic rings. The van der Waals surface area contributed by atoms with Gasteiger partial charge in [-0.2, -0.15) is 0 Å². The molecular weight excluding hydrogens is 242 g/mol. The van der Waals surface area contributed by atoms with Gasteiger partial charge in [-0.05, 0) is 12.0 Å². The van der Waals surface area contributed by atoms with Crippen molar-refractivity contribution in [1.82, 2.24) is 5.32 Å². The number of nitrogens with one attached hydrogen (secondary N) is 1. The standard InChI is InChI=1S/C15H19NO3/c1-3-9-16-13(10-14(17)18)15(19)12-7-5-11(4-2)6-8-12/h3,5-8,13,16H,1,4,9-10H2,2H3,(H,17,18). The van der Waals surface area contributed by atoms with Crippen molar-refractivity contribution in [3.05, 3.63) is 48.0 Å². The van der Waals surface area contributed by atoms with Gasteiger partial charge >= 0.3 is 5.97 Å². The lowest BCUT2D eigenvalue weighted by molar-refractivity contribution is -0.137. The number of carbonyl (C=O) groups is 2. The lowest BCUT2D eigenvalue weighted by Crippen LogP contribution is -2.38. The summed E-state index contributed by atoms with van der Waals surface area (Å²) in [6.07, 6.45) is 2.27. The zero-order chi connectivity index (χ0) is 14.3. The Morgan fingerprint density at radius 2 is 2.00 bits per heavy atom. The average molecular weight is 261 g/mol. The number of aryl methyl sites for hydroxylation is 1. The maximum Gasteiger partial charge on any atom is 0.305 e. The summed E-state index contributed by atoms with van der Waals surface area (Å²) in [5.41, 5.74) is 1.67. The Bertz CT molecular complexity index is 451.